The molecule has 3 amide bonds. The number of pyridine rings is 1. The molecule has 4 fully saturated rings. The van der Waals surface area contributed by atoms with E-state index in [0.717, 1.165) is 59.4 Å². The molecule has 3 aromatic carbocycles. The van der Waals surface area contributed by atoms with Crippen molar-refractivity contribution in [3.8, 4) is 16.9 Å². The number of piperidine rings is 1. The van der Waals surface area contributed by atoms with Gasteiger partial charge in [0.25, 0.3) is 5.91 Å². The van der Waals surface area contributed by atoms with Gasteiger partial charge in [0, 0.05) is 104 Å². The predicted octanol–water partition coefficient (Wildman–Crippen LogP) is 3.76. The largest absolute Gasteiger partial charge is 0.491 e. The number of β-amino-alcohol motifs (C(OH)–C–C–N with tert-alkyl or cyclic N) is 1. The zero-order valence-corrected chi connectivity index (χ0v) is 35.5. The summed E-state index contributed by atoms with van der Waals surface area (Å²) in [6.45, 7) is 3.57. The van der Waals surface area contributed by atoms with Crippen LogP contribution >= 0.6 is 0 Å². The molecule has 16 nitrogen and oxygen atoms in total. The molecule has 0 aliphatic carbocycles. The number of nitrogens with zero attached hydrogens (tertiary/aromatic N) is 5. The van der Waals surface area contributed by atoms with Crippen LogP contribution in [0.25, 0.3) is 22.2 Å². The highest BCUT2D eigenvalue weighted by Gasteiger charge is 2.52. The molecule has 3 atom stereocenters. The fourth-order valence-electron chi connectivity index (χ4n) is 9.66. The molecule has 4 saturated heterocycles. The number of ketones is 1. The summed E-state index contributed by atoms with van der Waals surface area (Å²) in [7, 11) is -4.37. The minimum absolute atomic E-state index is 0.00528. The third-order valence-electron chi connectivity index (χ3n) is 12.9. The van der Waals surface area contributed by atoms with Crippen molar-refractivity contribution in [2.75, 3.05) is 62.0 Å². The molecule has 0 bridgehead atoms. The van der Waals surface area contributed by atoms with E-state index >= 15 is 8.78 Å². The van der Waals surface area contributed by atoms with E-state index in [2.05, 4.69) is 25.1 Å². The molecule has 5 aliphatic heterocycles. The van der Waals surface area contributed by atoms with Gasteiger partial charge in [-0.15, -0.1) is 0 Å². The maximum Gasteiger partial charge on any atom is 0.301 e. The number of carbonyl (C=O) groups is 4. The molecule has 4 N–H and O–H groups in total. The highest BCUT2D eigenvalue weighted by molar-refractivity contribution is 7.90. The fourth-order valence-corrected chi connectivity index (χ4v) is 10.9. The molecule has 2 aromatic heterocycles. The lowest BCUT2D eigenvalue weighted by Gasteiger charge is -2.61. The minimum Gasteiger partial charge on any atom is -0.491 e. The Bertz CT molecular complexity index is 2880. The number of anilines is 2. The van der Waals surface area contributed by atoms with Gasteiger partial charge >= 0.3 is 10.2 Å². The molecule has 5 aliphatic rings. The SMILES string of the molecule is O=C1CC[C@H](N2Cc3cc(OC[C@H](O)CN4CC5(C4)CN(c4ccc(-c6cnc7[nH]cc(C(=O)c8c(F)ccc(NS(=O)(=O)N9CC[C@@H](F)C9)c8F)c7c6)cc4)C5)ccc3C2=O)C(=O)N1. The van der Waals surface area contributed by atoms with E-state index in [1.165, 1.54) is 11.1 Å². The molecular formula is C45H43F3N8O8S. The number of fused-ring (bicyclic) bond motifs is 2. The summed E-state index contributed by atoms with van der Waals surface area (Å²) in [5.41, 5.74) is 2.43. The van der Waals surface area contributed by atoms with Crippen LogP contribution in [0.3, 0.4) is 0 Å². The topological polar surface area (TPSA) is 198 Å². The number of aromatic amines is 1. The number of imide groups is 1. The van der Waals surface area contributed by atoms with Crippen LogP contribution in [0.4, 0.5) is 24.5 Å². The van der Waals surface area contributed by atoms with E-state index in [1.54, 1.807) is 30.5 Å². The Kier molecular flexibility index (Phi) is 10.7. The third-order valence-corrected chi connectivity index (χ3v) is 14.4. The average molecular weight is 913 g/mol. The Balaban J connectivity index is 0.720. The van der Waals surface area contributed by atoms with Crippen molar-refractivity contribution in [2.24, 2.45) is 5.41 Å². The standard InChI is InChI=1S/C45H43F3N8O8S/c46-28-11-12-55(18-28)65(62,63)52-36-8-7-35(47)39(40(36)48)41(59)34-16-50-42-33(34)14-26(15-49-42)25-1-3-29(4-2-25)54-23-45(24-54)21-53(22-45)19-30(57)20-64-31-5-6-32-27(13-31)17-56(44(32)61)37-9-10-38(58)51-43(37)60/h1-8,13-16,28,30,37,52,57H,9-12,17-24H2,(H,49,50)(H,51,58,60)/t28-,30-,37+/m1/s1. The quantitative estimate of drug-likeness (QED) is 0.0992. The molecule has 65 heavy (non-hydrogen) atoms. The average Bonchev–Trinajstić information content (AvgIpc) is 3.98. The lowest BCUT2D eigenvalue weighted by atomic mass is 9.72. The van der Waals surface area contributed by atoms with Gasteiger partial charge in [0.1, 0.15) is 42.1 Å². The van der Waals surface area contributed by atoms with Crippen LogP contribution in [0.2, 0.25) is 0 Å². The lowest BCUT2D eigenvalue weighted by Crippen LogP contribution is -2.72. The van der Waals surface area contributed by atoms with Gasteiger partial charge in [0.05, 0.1) is 11.3 Å². The lowest BCUT2D eigenvalue weighted by molar-refractivity contribution is -0.136. The number of hydrogen-bond donors (Lipinski definition) is 4. The van der Waals surface area contributed by atoms with Crippen molar-refractivity contribution in [1.29, 1.82) is 0 Å². The van der Waals surface area contributed by atoms with E-state index in [9.17, 15) is 37.1 Å². The monoisotopic (exact) mass is 912 g/mol. The van der Waals surface area contributed by atoms with Crippen molar-refractivity contribution in [3.05, 3.63) is 107 Å². The van der Waals surface area contributed by atoms with Crippen LogP contribution in [0.5, 0.6) is 5.75 Å². The van der Waals surface area contributed by atoms with Gasteiger partial charge in [0.2, 0.25) is 17.6 Å². The van der Waals surface area contributed by atoms with Crippen molar-refractivity contribution in [3.63, 3.8) is 0 Å². The first-order valence-electron chi connectivity index (χ1n) is 21.2. The number of benzene rings is 3. The Morgan fingerprint density at radius 1 is 1.00 bits per heavy atom. The number of halogens is 3. The van der Waals surface area contributed by atoms with Crippen LogP contribution in [0.15, 0.2) is 73.1 Å². The van der Waals surface area contributed by atoms with Gasteiger partial charge in [-0.05, 0) is 72.5 Å². The highest BCUT2D eigenvalue weighted by atomic mass is 32.2. The summed E-state index contributed by atoms with van der Waals surface area (Å²) in [4.78, 5) is 63.9. The number of amides is 3. The smallest absolute Gasteiger partial charge is 0.301 e. The van der Waals surface area contributed by atoms with Gasteiger partial charge in [-0.1, -0.05) is 12.1 Å². The molecule has 5 aromatic rings. The predicted molar refractivity (Wildman–Crippen MR) is 230 cm³/mol. The van der Waals surface area contributed by atoms with E-state index in [4.69, 9.17) is 4.74 Å². The van der Waals surface area contributed by atoms with Crippen molar-refractivity contribution >= 4 is 56.1 Å². The number of aromatic nitrogens is 2. The summed E-state index contributed by atoms with van der Waals surface area (Å²) < 4.78 is 78.9. The first-order chi connectivity index (χ1) is 31.1. The summed E-state index contributed by atoms with van der Waals surface area (Å²) in [6, 6.07) is 15.6. The minimum atomic E-state index is -4.37. The number of carbonyl (C=O) groups excluding carboxylic acids is 4. The summed E-state index contributed by atoms with van der Waals surface area (Å²) >= 11 is 0. The maximum absolute atomic E-state index is 15.7. The molecule has 338 valence electrons. The molecule has 0 unspecified atom stereocenters. The van der Waals surface area contributed by atoms with Crippen molar-refractivity contribution < 1.29 is 50.6 Å². The van der Waals surface area contributed by atoms with Gasteiger partial charge in [-0.2, -0.15) is 12.7 Å². The number of alkyl halides is 1. The number of H-pyrrole nitrogens is 1. The van der Waals surface area contributed by atoms with E-state index in [-0.39, 0.29) is 61.8 Å². The molecule has 10 rings (SSSR count). The summed E-state index contributed by atoms with van der Waals surface area (Å²) in [5.74, 6) is -4.16. The first-order valence-corrected chi connectivity index (χ1v) is 22.7. The third kappa shape index (κ3) is 7.97. The number of likely N-dealkylation sites (tertiary alicyclic amines) is 1. The van der Waals surface area contributed by atoms with Gasteiger partial charge in [0.15, 0.2) is 5.82 Å². The van der Waals surface area contributed by atoms with Crippen LogP contribution in [-0.2, 0) is 26.3 Å². The second kappa shape index (κ2) is 16.3. The van der Waals surface area contributed by atoms with Crippen LogP contribution in [-0.4, -0.2) is 132 Å². The first kappa shape index (κ1) is 42.6. The highest BCUT2D eigenvalue weighted by Crippen LogP contribution is 2.42. The van der Waals surface area contributed by atoms with Gasteiger partial charge in [-0.25, -0.2) is 18.2 Å². The van der Waals surface area contributed by atoms with Crippen LogP contribution in [0.1, 0.15) is 51.1 Å². The van der Waals surface area contributed by atoms with E-state index < -0.39 is 69.6 Å². The zero-order valence-electron chi connectivity index (χ0n) is 34.7. The van der Waals surface area contributed by atoms with Gasteiger partial charge in [-0.3, -0.25) is 34.1 Å². The van der Waals surface area contributed by atoms with Crippen molar-refractivity contribution in [1.82, 2.24) is 29.4 Å². The molecule has 0 radical (unpaired) electrons. The molecular weight excluding hydrogens is 870 g/mol. The second-order valence-electron chi connectivity index (χ2n) is 17.5. The Morgan fingerprint density at radius 3 is 2.52 bits per heavy atom. The number of aliphatic hydroxyl groups excluding tert-OH is 1. The van der Waals surface area contributed by atoms with Crippen LogP contribution < -0.4 is 19.7 Å². The number of aliphatic hydroxyl groups is 1. The Morgan fingerprint density at radius 2 is 1.78 bits per heavy atom. The maximum atomic E-state index is 15.7. The molecule has 1 spiro atoms. The van der Waals surface area contributed by atoms with Gasteiger partial charge < -0.3 is 24.6 Å². The number of rotatable bonds is 13. The molecule has 20 heteroatoms. The normalized spacial score (nSPS) is 21.3. The van der Waals surface area contributed by atoms with E-state index in [0.29, 0.717) is 34.5 Å². The number of hydrogen-bond acceptors (Lipinski definition) is 11. The number of nitrogens with one attached hydrogen (secondary N) is 3. The van der Waals surface area contributed by atoms with E-state index in [1.807, 2.05) is 29.0 Å². The summed E-state index contributed by atoms with van der Waals surface area (Å²) in [6.07, 6.45) is 1.27. The summed E-state index contributed by atoms with van der Waals surface area (Å²) in [5, 5.41) is 13.4. The van der Waals surface area contributed by atoms with Crippen LogP contribution in [0, 0.1) is 17.0 Å². The zero-order chi connectivity index (χ0) is 45.4. The van der Waals surface area contributed by atoms with Crippen molar-refractivity contribution in [2.45, 2.75) is 44.1 Å². The Labute approximate surface area is 370 Å². The second-order valence-corrected chi connectivity index (χ2v) is 19.2. The fraction of sp³-hybridized carbons (Fsp3) is 0.356. The molecule has 0 saturated carbocycles. The molecule has 7 heterocycles. The Hall–Kier alpha value is -6.35. The number of ether oxygens (including phenoxy) is 1.